The minimum absolute atomic E-state index is 0.176. The van der Waals surface area contributed by atoms with Gasteiger partial charge < -0.3 is 19.5 Å². The maximum absolute atomic E-state index is 12.1. The van der Waals surface area contributed by atoms with E-state index >= 15 is 0 Å². The van der Waals surface area contributed by atoms with E-state index in [1.807, 2.05) is 12.1 Å². The van der Waals surface area contributed by atoms with Crippen molar-refractivity contribution in [2.24, 2.45) is 0 Å². The molecule has 0 saturated heterocycles. The van der Waals surface area contributed by atoms with Crippen molar-refractivity contribution in [1.29, 1.82) is 0 Å². The Labute approximate surface area is 143 Å². The van der Waals surface area contributed by atoms with Crippen molar-refractivity contribution in [3.05, 3.63) is 42.6 Å². The molecule has 1 aromatic carbocycles. The lowest BCUT2D eigenvalue weighted by Gasteiger charge is -2.10. The van der Waals surface area contributed by atoms with Crippen molar-refractivity contribution in [2.75, 3.05) is 25.1 Å². The van der Waals surface area contributed by atoms with Gasteiger partial charge in [-0.05, 0) is 24.3 Å². The third kappa shape index (κ3) is 3.32. The summed E-state index contributed by atoms with van der Waals surface area (Å²) in [5.41, 5.74) is 1.27. The lowest BCUT2D eigenvalue weighted by molar-refractivity contribution is -0.118. The summed E-state index contributed by atoms with van der Waals surface area (Å²) in [6.45, 7) is 1.04. The number of fused-ring (bicyclic) bond motifs is 2. The molecular weight excluding hydrogens is 324 g/mol. The van der Waals surface area contributed by atoms with Gasteiger partial charge in [0.2, 0.25) is 0 Å². The first kappa shape index (κ1) is 15.3. The van der Waals surface area contributed by atoms with Crippen LogP contribution in [-0.4, -0.2) is 40.3 Å². The van der Waals surface area contributed by atoms with Crippen LogP contribution < -0.4 is 19.5 Å². The zero-order valence-electron chi connectivity index (χ0n) is 13.3. The fourth-order valence-electron chi connectivity index (χ4n) is 2.49. The van der Waals surface area contributed by atoms with E-state index < -0.39 is 0 Å². The van der Waals surface area contributed by atoms with Gasteiger partial charge in [0.1, 0.15) is 0 Å². The molecule has 4 rings (SSSR count). The van der Waals surface area contributed by atoms with Crippen LogP contribution in [-0.2, 0) is 4.79 Å². The molecular formula is C17H16N4O4. The number of nitrogens with one attached hydrogen (secondary N) is 1. The van der Waals surface area contributed by atoms with Gasteiger partial charge in [0.25, 0.3) is 5.91 Å². The Morgan fingerprint density at radius 2 is 2.04 bits per heavy atom. The minimum atomic E-state index is -0.304. The maximum Gasteiger partial charge on any atom is 0.322 e. The average molecular weight is 340 g/mol. The van der Waals surface area contributed by atoms with E-state index in [4.69, 9.17) is 14.2 Å². The summed E-state index contributed by atoms with van der Waals surface area (Å²) in [4.78, 5) is 12.1. The van der Waals surface area contributed by atoms with E-state index in [9.17, 15) is 4.79 Å². The standard InChI is InChI=1S/C17H16N4O4/c22-16(11-25-17-20-19-15-4-1-2-7-21(15)17)18-12-5-6-13-14(10-12)24-9-3-8-23-13/h1-2,4-7,10H,3,8-9,11H2,(H,18,22). The van der Waals surface area contributed by atoms with Crippen molar-refractivity contribution in [1.82, 2.24) is 14.6 Å². The van der Waals surface area contributed by atoms with E-state index in [1.165, 1.54) is 0 Å². The van der Waals surface area contributed by atoms with Crippen LogP contribution in [0.15, 0.2) is 42.6 Å². The first-order valence-corrected chi connectivity index (χ1v) is 7.92. The number of ether oxygens (including phenoxy) is 3. The monoisotopic (exact) mass is 340 g/mol. The van der Waals surface area contributed by atoms with Gasteiger partial charge in [-0.15, -0.1) is 5.10 Å². The zero-order valence-corrected chi connectivity index (χ0v) is 13.3. The van der Waals surface area contributed by atoms with E-state index in [-0.39, 0.29) is 18.5 Å². The predicted octanol–water partition coefficient (Wildman–Crippen LogP) is 1.91. The van der Waals surface area contributed by atoms with Crippen molar-refractivity contribution in [3.8, 4) is 17.5 Å². The molecule has 0 fully saturated rings. The number of amides is 1. The Hall–Kier alpha value is -3.29. The molecule has 0 unspecified atom stereocenters. The highest BCUT2D eigenvalue weighted by Crippen LogP contribution is 2.32. The molecule has 8 nitrogen and oxygen atoms in total. The quantitative estimate of drug-likeness (QED) is 0.781. The Morgan fingerprint density at radius 1 is 1.16 bits per heavy atom. The fourth-order valence-corrected chi connectivity index (χ4v) is 2.49. The topological polar surface area (TPSA) is 87.0 Å². The molecule has 0 radical (unpaired) electrons. The zero-order chi connectivity index (χ0) is 17.1. The van der Waals surface area contributed by atoms with Crippen LogP contribution >= 0.6 is 0 Å². The molecule has 3 aromatic rings. The lowest BCUT2D eigenvalue weighted by atomic mass is 10.2. The highest BCUT2D eigenvalue weighted by Gasteiger charge is 2.13. The van der Waals surface area contributed by atoms with Gasteiger partial charge in [-0.3, -0.25) is 9.20 Å². The summed E-state index contributed by atoms with van der Waals surface area (Å²) in [5.74, 6) is 1.00. The first-order valence-electron chi connectivity index (χ1n) is 7.92. The number of benzene rings is 1. The van der Waals surface area contributed by atoms with E-state index in [0.717, 1.165) is 6.42 Å². The van der Waals surface area contributed by atoms with Gasteiger partial charge in [0, 0.05) is 24.4 Å². The molecule has 0 bridgehead atoms. The van der Waals surface area contributed by atoms with Crippen LogP contribution in [0.25, 0.3) is 5.65 Å². The lowest BCUT2D eigenvalue weighted by Crippen LogP contribution is -2.20. The number of carbonyl (C=O) groups excluding carboxylic acids is 1. The molecule has 1 aliphatic heterocycles. The molecule has 1 amide bonds. The van der Waals surface area contributed by atoms with E-state index in [1.54, 1.807) is 34.9 Å². The summed E-state index contributed by atoms with van der Waals surface area (Å²) in [6, 6.07) is 11.0. The Morgan fingerprint density at radius 3 is 2.96 bits per heavy atom. The van der Waals surface area contributed by atoms with Crippen LogP contribution in [0.2, 0.25) is 0 Å². The molecule has 0 saturated carbocycles. The van der Waals surface area contributed by atoms with Crippen LogP contribution in [0.1, 0.15) is 6.42 Å². The van der Waals surface area contributed by atoms with Gasteiger partial charge in [-0.25, -0.2) is 0 Å². The number of hydrogen-bond donors (Lipinski definition) is 1. The normalized spacial score (nSPS) is 13.3. The molecule has 3 heterocycles. The molecule has 8 heteroatoms. The summed E-state index contributed by atoms with van der Waals surface area (Å²) < 4.78 is 18.3. The SMILES string of the molecule is O=C(COc1nnc2ccccn12)Nc1ccc2c(c1)OCCCO2. The van der Waals surface area contributed by atoms with Crippen LogP contribution in [0.4, 0.5) is 5.69 Å². The summed E-state index contributed by atoms with van der Waals surface area (Å²) >= 11 is 0. The van der Waals surface area contributed by atoms with Crippen molar-refractivity contribution in [2.45, 2.75) is 6.42 Å². The number of pyridine rings is 1. The molecule has 1 N–H and O–H groups in total. The Kier molecular flexibility index (Phi) is 4.07. The summed E-state index contributed by atoms with van der Waals surface area (Å²) in [7, 11) is 0. The second-order valence-corrected chi connectivity index (χ2v) is 5.46. The van der Waals surface area contributed by atoms with Crippen LogP contribution in [0, 0.1) is 0 Å². The molecule has 2 aromatic heterocycles. The van der Waals surface area contributed by atoms with Gasteiger partial charge in [0.15, 0.2) is 23.8 Å². The maximum atomic E-state index is 12.1. The molecule has 25 heavy (non-hydrogen) atoms. The summed E-state index contributed by atoms with van der Waals surface area (Å²) in [5, 5.41) is 10.6. The highest BCUT2D eigenvalue weighted by molar-refractivity contribution is 5.92. The average Bonchev–Trinajstić information content (AvgIpc) is 2.89. The largest absolute Gasteiger partial charge is 0.490 e. The fraction of sp³-hybridized carbons (Fsp3) is 0.235. The first-order chi connectivity index (χ1) is 12.3. The second kappa shape index (κ2) is 6.68. The van der Waals surface area contributed by atoms with E-state index in [0.29, 0.717) is 36.0 Å². The van der Waals surface area contributed by atoms with E-state index in [2.05, 4.69) is 15.5 Å². The molecule has 1 aliphatic rings. The number of hydrogen-bond acceptors (Lipinski definition) is 6. The minimum Gasteiger partial charge on any atom is -0.490 e. The van der Waals surface area contributed by atoms with Crippen LogP contribution in [0.5, 0.6) is 17.5 Å². The third-order valence-corrected chi connectivity index (χ3v) is 3.65. The summed E-state index contributed by atoms with van der Waals surface area (Å²) in [6.07, 6.45) is 2.60. The molecule has 0 atom stereocenters. The number of anilines is 1. The smallest absolute Gasteiger partial charge is 0.322 e. The van der Waals surface area contributed by atoms with Gasteiger partial charge in [-0.1, -0.05) is 11.2 Å². The molecule has 0 aliphatic carbocycles. The highest BCUT2D eigenvalue weighted by atomic mass is 16.5. The van der Waals surface area contributed by atoms with Crippen molar-refractivity contribution >= 4 is 17.2 Å². The molecule has 0 spiro atoms. The number of carbonyl (C=O) groups is 1. The Balaban J connectivity index is 1.40. The number of aromatic nitrogens is 3. The number of rotatable bonds is 4. The predicted molar refractivity (Wildman–Crippen MR) is 89.2 cm³/mol. The Bertz CT molecular complexity index is 909. The molecule has 128 valence electrons. The van der Waals surface area contributed by atoms with Crippen molar-refractivity contribution < 1.29 is 19.0 Å². The van der Waals surface area contributed by atoms with Gasteiger partial charge in [-0.2, -0.15) is 0 Å². The van der Waals surface area contributed by atoms with Crippen LogP contribution in [0.3, 0.4) is 0 Å². The second-order valence-electron chi connectivity index (χ2n) is 5.46. The number of nitrogens with zero attached hydrogens (tertiary/aromatic N) is 3. The third-order valence-electron chi connectivity index (χ3n) is 3.65. The van der Waals surface area contributed by atoms with Gasteiger partial charge in [0.05, 0.1) is 13.2 Å². The van der Waals surface area contributed by atoms with Gasteiger partial charge >= 0.3 is 6.01 Å². The van der Waals surface area contributed by atoms with Crippen molar-refractivity contribution in [3.63, 3.8) is 0 Å².